The van der Waals surface area contributed by atoms with E-state index in [-0.39, 0.29) is 5.91 Å². The van der Waals surface area contributed by atoms with Crippen LogP contribution in [-0.2, 0) is 9.59 Å². The number of carbonyl (C=O) groups is 2. The third-order valence-corrected chi connectivity index (χ3v) is 3.85. The molecule has 1 aliphatic carbocycles. The Balaban J connectivity index is 2.96. The van der Waals surface area contributed by atoms with Crippen LogP contribution >= 0.6 is 0 Å². The summed E-state index contributed by atoms with van der Waals surface area (Å²) in [6.45, 7) is 3.57. The van der Waals surface area contributed by atoms with E-state index in [4.69, 9.17) is 0 Å². The number of aliphatic carboxylic acids is 1. The lowest BCUT2D eigenvalue weighted by Gasteiger charge is -2.37. The van der Waals surface area contributed by atoms with Crippen molar-refractivity contribution in [3.8, 4) is 0 Å². The number of carbonyl (C=O) groups excluding carboxylic acids is 1. The molecular weight excluding hydrogens is 206 g/mol. The van der Waals surface area contributed by atoms with Gasteiger partial charge >= 0.3 is 5.97 Å². The van der Waals surface area contributed by atoms with Crippen LogP contribution in [0, 0.1) is 5.92 Å². The number of nitrogens with zero attached hydrogens (tertiary/aromatic N) is 1. The summed E-state index contributed by atoms with van der Waals surface area (Å²) in [5.74, 6) is -0.474. The zero-order valence-electron chi connectivity index (χ0n) is 10.3. The van der Waals surface area contributed by atoms with Crippen LogP contribution in [0.15, 0.2) is 0 Å². The van der Waals surface area contributed by atoms with Gasteiger partial charge in [0.25, 0.3) is 0 Å². The minimum atomic E-state index is -0.976. The summed E-state index contributed by atoms with van der Waals surface area (Å²) < 4.78 is 0. The van der Waals surface area contributed by atoms with E-state index >= 15 is 0 Å². The highest BCUT2D eigenvalue weighted by Crippen LogP contribution is 2.34. The fraction of sp³-hybridized carbons (Fsp3) is 0.833. The number of carboxylic acids is 1. The fourth-order valence-electron chi connectivity index (χ4n) is 2.49. The van der Waals surface area contributed by atoms with Gasteiger partial charge in [0.15, 0.2) is 0 Å². The lowest BCUT2D eigenvalue weighted by molar-refractivity contribution is -0.158. The Morgan fingerprint density at radius 1 is 1.31 bits per heavy atom. The van der Waals surface area contributed by atoms with Gasteiger partial charge < -0.3 is 10.0 Å². The fourth-order valence-corrected chi connectivity index (χ4v) is 2.49. The van der Waals surface area contributed by atoms with Gasteiger partial charge in [-0.25, -0.2) is 4.79 Å². The van der Waals surface area contributed by atoms with Gasteiger partial charge in [-0.15, -0.1) is 0 Å². The minimum Gasteiger partial charge on any atom is -0.479 e. The molecule has 1 saturated carbocycles. The summed E-state index contributed by atoms with van der Waals surface area (Å²) in [5, 5.41) is 9.43. The van der Waals surface area contributed by atoms with Crippen LogP contribution in [0.4, 0.5) is 0 Å². The van der Waals surface area contributed by atoms with Gasteiger partial charge in [0, 0.05) is 14.0 Å². The molecule has 2 atom stereocenters. The average molecular weight is 227 g/mol. The van der Waals surface area contributed by atoms with Crippen LogP contribution < -0.4 is 0 Å². The first kappa shape index (κ1) is 13.0. The molecule has 92 valence electrons. The van der Waals surface area contributed by atoms with Crippen molar-refractivity contribution >= 4 is 11.9 Å². The molecule has 1 aliphatic rings. The molecular formula is C12H21NO3. The quantitative estimate of drug-likeness (QED) is 0.733. The van der Waals surface area contributed by atoms with Crippen LogP contribution in [0.25, 0.3) is 0 Å². The number of hydrogen-bond donors (Lipinski definition) is 1. The Bertz CT molecular complexity index is 290. The number of likely N-dealkylation sites (N-methyl/N-ethyl adjacent to an activating group) is 1. The molecule has 0 spiro atoms. The smallest absolute Gasteiger partial charge is 0.329 e. The van der Waals surface area contributed by atoms with Gasteiger partial charge in [0.2, 0.25) is 5.91 Å². The zero-order chi connectivity index (χ0) is 12.3. The van der Waals surface area contributed by atoms with E-state index in [9.17, 15) is 14.7 Å². The summed E-state index contributed by atoms with van der Waals surface area (Å²) in [7, 11) is 1.60. The molecule has 16 heavy (non-hydrogen) atoms. The standard InChI is InChI=1S/C12H21NO3/c1-9-5-4-7-12(8-6-9,11(15)16)13(3)10(2)14/h9H,4-8H2,1-3H3,(H,15,16). The van der Waals surface area contributed by atoms with Crippen LogP contribution in [0.5, 0.6) is 0 Å². The number of amides is 1. The molecule has 0 radical (unpaired) electrons. The topological polar surface area (TPSA) is 57.6 Å². The van der Waals surface area contributed by atoms with Crippen molar-refractivity contribution in [2.24, 2.45) is 5.92 Å². The van der Waals surface area contributed by atoms with Crippen molar-refractivity contribution in [1.29, 1.82) is 0 Å². The minimum absolute atomic E-state index is 0.169. The van der Waals surface area contributed by atoms with Crippen LogP contribution in [0.3, 0.4) is 0 Å². The molecule has 1 fully saturated rings. The van der Waals surface area contributed by atoms with Crippen molar-refractivity contribution in [3.63, 3.8) is 0 Å². The average Bonchev–Trinajstić information content (AvgIpc) is 2.40. The maximum absolute atomic E-state index is 11.5. The Hall–Kier alpha value is -1.06. The molecule has 4 heteroatoms. The van der Waals surface area contributed by atoms with Crippen molar-refractivity contribution < 1.29 is 14.7 Å². The molecule has 1 rings (SSSR count). The first-order chi connectivity index (χ1) is 7.40. The SMILES string of the molecule is CC(=O)N(C)C1(C(=O)O)CCCC(C)CC1. The van der Waals surface area contributed by atoms with Crippen LogP contribution in [0.1, 0.15) is 46.0 Å². The van der Waals surface area contributed by atoms with Crippen LogP contribution in [-0.4, -0.2) is 34.5 Å². The molecule has 1 amide bonds. The van der Waals surface area contributed by atoms with E-state index in [2.05, 4.69) is 6.92 Å². The maximum Gasteiger partial charge on any atom is 0.329 e. The summed E-state index contributed by atoms with van der Waals surface area (Å²) >= 11 is 0. The van der Waals surface area contributed by atoms with Gasteiger partial charge in [-0.05, 0) is 25.2 Å². The second kappa shape index (κ2) is 4.85. The predicted octanol–water partition coefficient (Wildman–Crippen LogP) is 1.89. The molecule has 1 N–H and O–H groups in total. The molecule has 0 aliphatic heterocycles. The highest BCUT2D eigenvalue weighted by Gasteiger charge is 2.44. The third kappa shape index (κ3) is 2.36. The van der Waals surface area contributed by atoms with E-state index in [1.165, 1.54) is 11.8 Å². The summed E-state index contributed by atoms with van der Waals surface area (Å²) in [6, 6.07) is 0. The molecule has 0 heterocycles. The molecule has 4 nitrogen and oxygen atoms in total. The second-order valence-corrected chi connectivity index (χ2v) is 4.95. The number of hydrogen-bond acceptors (Lipinski definition) is 2. The first-order valence-corrected chi connectivity index (χ1v) is 5.88. The van der Waals surface area contributed by atoms with E-state index in [1.807, 2.05) is 0 Å². The zero-order valence-corrected chi connectivity index (χ0v) is 10.3. The molecule has 2 unspecified atom stereocenters. The van der Waals surface area contributed by atoms with Gasteiger partial charge in [0.05, 0.1) is 0 Å². The van der Waals surface area contributed by atoms with E-state index in [1.54, 1.807) is 7.05 Å². The summed E-state index contributed by atoms with van der Waals surface area (Å²) in [5.41, 5.74) is -0.976. The van der Waals surface area contributed by atoms with Gasteiger partial charge in [-0.2, -0.15) is 0 Å². The molecule has 0 aromatic carbocycles. The van der Waals surface area contributed by atoms with Gasteiger partial charge in [0.1, 0.15) is 5.54 Å². The van der Waals surface area contributed by atoms with Gasteiger partial charge in [-0.3, -0.25) is 4.79 Å². The Labute approximate surface area is 96.6 Å². The monoisotopic (exact) mass is 227 g/mol. The largest absolute Gasteiger partial charge is 0.479 e. The van der Waals surface area contributed by atoms with E-state index < -0.39 is 11.5 Å². The van der Waals surface area contributed by atoms with Crippen molar-refractivity contribution in [3.05, 3.63) is 0 Å². The molecule has 0 aromatic heterocycles. The Morgan fingerprint density at radius 2 is 1.94 bits per heavy atom. The Morgan fingerprint density at radius 3 is 2.44 bits per heavy atom. The van der Waals surface area contributed by atoms with Crippen LogP contribution in [0.2, 0.25) is 0 Å². The molecule has 0 saturated heterocycles. The summed E-state index contributed by atoms with van der Waals surface area (Å²) in [4.78, 5) is 24.3. The van der Waals surface area contributed by atoms with E-state index in [0.717, 1.165) is 19.3 Å². The first-order valence-electron chi connectivity index (χ1n) is 5.88. The second-order valence-electron chi connectivity index (χ2n) is 4.95. The maximum atomic E-state index is 11.5. The molecule has 0 bridgehead atoms. The highest BCUT2D eigenvalue weighted by atomic mass is 16.4. The lowest BCUT2D eigenvalue weighted by atomic mass is 9.88. The lowest BCUT2D eigenvalue weighted by Crippen LogP contribution is -2.54. The van der Waals surface area contributed by atoms with Crippen molar-refractivity contribution in [2.75, 3.05) is 7.05 Å². The predicted molar refractivity (Wildman–Crippen MR) is 61.1 cm³/mol. The van der Waals surface area contributed by atoms with Crippen molar-refractivity contribution in [1.82, 2.24) is 4.90 Å². The van der Waals surface area contributed by atoms with Crippen molar-refractivity contribution in [2.45, 2.75) is 51.5 Å². The highest BCUT2D eigenvalue weighted by molar-refractivity contribution is 5.85. The normalized spacial score (nSPS) is 30.6. The molecule has 0 aromatic rings. The van der Waals surface area contributed by atoms with E-state index in [0.29, 0.717) is 18.8 Å². The number of rotatable bonds is 2. The number of carboxylic acid groups (broad SMARTS) is 1. The summed E-state index contributed by atoms with van der Waals surface area (Å²) in [6.07, 6.45) is 3.96. The Kier molecular flexibility index (Phi) is 3.94. The van der Waals surface area contributed by atoms with Gasteiger partial charge in [-0.1, -0.05) is 19.8 Å². The third-order valence-electron chi connectivity index (χ3n) is 3.85.